The Morgan fingerprint density at radius 3 is 2.69 bits per heavy atom. The monoisotopic (exact) mass is 389 g/mol. The predicted octanol–water partition coefficient (Wildman–Crippen LogP) is 1.68. The number of benzene rings is 1. The topological polar surface area (TPSA) is 97.5 Å². The molecule has 4 rings (SSSR count). The van der Waals surface area contributed by atoms with E-state index in [1.54, 1.807) is 16.6 Å². The zero-order valence-electron chi connectivity index (χ0n) is 14.1. The van der Waals surface area contributed by atoms with Gasteiger partial charge >= 0.3 is 0 Å². The van der Waals surface area contributed by atoms with Crippen LogP contribution in [0.4, 0.5) is 0 Å². The van der Waals surface area contributed by atoms with Gasteiger partial charge in [0.15, 0.2) is 0 Å². The van der Waals surface area contributed by atoms with Crippen molar-refractivity contribution in [3.05, 3.63) is 47.3 Å². The van der Waals surface area contributed by atoms with E-state index in [4.69, 9.17) is 0 Å². The summed E-state index contributed by atoms with van der Waals surface area (Å²) in [4.78, 5) is 21.1. The Balaban J connectivity index is 1.51. The standard InChI is InChI=1S/C16H15N5O3S2/c1-10-9-11(2)21-15(17-10)18-16(19-21)25-8-7-20-14(22)12-5-3-4-6-13(12)26(20,23)24/h3-6,9H,7-8H2,1-2H3. The maximum Gasteiger partial charge on any atom is 0.269 e. The van der Waals surface area contributed by atoms with Crippen molar-refractivity contribution in [2.24, 2.45) is 0 Å². The van der Waals surface area contributed by atoms with E-state index >= 15 is 0 Å². The smallest absolute Gasteiger partial charge is 0.268 e. The molecule has 3 heterocycles. The molecular weight excluding hydrogens is 374 g/mol. The van der Waals surface area contributed by atoms with Gasteiger partial charge in [-0.1, -0.05) is 23.9 Å². The summed E-state index contributed by atoms with van der Waals surface area (Å²) in [6.45, 7) is 3.86. The molecule has 0 N–H and O–H groups in total. The molecule has 0 saturated carbocycles. The lowest BCUT2D eigenvalue weighted by atomic mass is 10.2. The number of amides is 1. The highest BCUT2D eigenvalue weighted by molar-refractivity contribution is 7.99. The van der Waals surface area contributed by atoms with Crippen molar-refractivity contribution in [1.29, 1.82) is 0 Å². The number of sulfonamides is 1. The van der Waals surface area contributed by atoms with Crippen LogP contribution in [0.2, 0.25) is 0 Å². The molecule has 1 aliphatic rings. The van der Waals surface area contributed by atoms with Crippen LogP contribution in [0.15, 0.2) is 40.4 Å². The molecule has 1 amide bonds. The van der Waals surface area contributed by atoms with Gasteiger partial charge in [-0.2, -0.15) is 4.98 Å². The van der Waals surface area contributed by atoms with Crippen LogP contribution in [-0.4, -0.2) is 50.5 Å². The van der Waals surface area contributed by atoms with Gasteiger partial charge < -0.3 is 0 Å². The fourth-order valence-electron chi connectivity index (χ4n) is 2.88. The third-order valence-electron chi connectivity index (χ3n) is 4.04. The number of hydrogen-bond acceptors (Lipinski definition) is 7. The summed E-state index contributed by atoms with van der Waals surface area (Å²) in [7, 11) is -3.77. The maximum atomic E-state index is 12.5. The highest BCUT2D eigenvalue weighted by Crippen LogP contribution is 2.30. The summed E-state index contributed by atoms with van der Waals surface area (Å²) in [6.07, 6.45) is 0. The van der Waals surface area contributed by atoms with E-state index in [2.05, 4.69) is 15.1 Å². The molecule has 0 bridgehead atoms. The number of thioether (sulfide) groups is 1. The summed E-state index contributed by atoms with van der Waals surface area (Å²) < 4.78 is 27.6. The van der Waals surface area contributed by atoms with Crippen LogP contribution in [0.1, 0.15) is 21.7 Å². The Kier molecular flexibility index (Phi) is 3.96. The van der Waals surface area contributed by atoms with Crippen LogP contribution in [0.3, 0.4) is 0 Å². The van der Waals surface area contributed by atoms with Gasteiger partial charge in [0.1, 0.15) is 4.90 Å². The van der Waals surface area contributed by atoms with Crippen molar-refractivity contribution in [1.82, 2.24) is 23.9 Å². The molecule has 3 aromatic rings. The molecule has 0 atom stereocenters. The van der Waals surface area contributed by atoms with Crippen LogP contribution < -0.4 is 0 Å². The molecule has 26 heavy (non-hydrogen) atoms. The lowest BCUT2D eigenvalue weighted by Gasteiger charge is -2.13. The summed E-state index contributed by atoms with van der Waals surface area (Å²) in [6, 6.07) is 8.16. The average molecular weight is 389 g/mol. The van der Waals surface area contributed by atoms with Gasteiger partial charge in [0.05, 0.1) is 5.56 Å². The molecular formula is C16H15N5O3S2. The first-order valence-corrected chi connectivity index (χ1v) is 10.3. The zero-order valence-corrected chi connectivity index (χ0v) is 15.7. The number of aromatic nitrogens is 4. The average Bonchev–Trinajstić information content (AvgIpc) is 3.08. The molecule has 0 fully saturated rings. The molecule has 8 nitrogen and oxygen atoms in total. The molecule has 10 heteroatoms. The number of nitrogens with zero attached hydrogens (tertiary/aromatic N) is 5. The third kappa shape index (κ3) is 2.65. The number of carbonyl (C=O) groups excluding carboxylic acids is 1. The Hall–Kier alpha value is -2.46. The Morgan fingerprint density at radius 1 is 1.15 bits per heavy atom. The predicted molar refractivity (Wildman–Crippen MR) is 95.6 cm³/mol. The van der Waals surface area contributed by atoms with E-state index in [-0.39, 0.29) is 17.0 Å². The molecule has 0 unspecified atom stereocenters. The van der Waals surface area contributed by atoms with Crippen LogP contribution in [0.5, 0.6) is 0 Å². The Morgan fingerprint density at radius 2 is 1.92 bits per heavy atom. The number of aryl methyl sites for hydroxylation is 2. The largest absolute Gasteiger partial charge is 0.269 e. The van der Waals surface area contributed by atoms with Gasteiger partial charge in [0.2, 0.25) is 5.16 Å². The van der Waals surface area contributed by atoms with Gasteiger partial charge in [-0.3, -0.25) is 4.79 Å². The van der Waals surface area contributed by atoms with Crippen molar-refractivity contribution in [2.45, 2.75) is 23.9 Å². The van der Waals surface area contributed by atoms with Gasteiger partial charge in [0, 0.05) is 23.7 Å². The molecule has 0 spiro atoms. The Bertz CT molecular complexity index is 1140. The van der Waals surface area contributed by atoms with E-state index in [0.717, 1.165) is 15.7 Å². The van der Waals surface area contributed by atoms with Crippen LogP contribution in [0, 0.1) is 13.8 Å². The van der Waals surface area contributed by atoms with E-state index < -0.39 is 15.9 Å². The van der Waals surface area contributed by atoms with Crippen LogP contribution in [0.25, 0.3) is 5.78 Å². The molecule has 0 saturated heterocycles. The minimum Gasteiger partial charge on any atom is -0.268 e. The molecule has 134 valence electrons. The molecule has 1 aliphatic heterocycles. The quantitative estimate of drug-likeness (QED) is 0.626. The lowest BCUT2D eigenvalue weighted by molar-refractivity contribution is 0.0876. The van der Waals surface area contributed by atoms with E-state index in [0.29, 0.717) is 16.7 Å². The number of hydrogen-bond donors (Lipinski definition) is 0. The SMILES string of the molecule is Cc1cc(C)n2nc(SCCN3C(=O)c4ccccc4S3(=O)=O)nc2n1. The first kappa shape index (κ1) is 17.0. The van der Waals surface area contributed by atoms with Gasteiger partial charge in [-0.25, -0.2) is 22.2 Å². The third-order valence-corrected chi connectivity index (χ3v) is 6.69. The van der Waals surface area contributed by atoms with Gasteiger partial charge in [0.25, 0.3) is 21.7 Å². The first-order chi connectivity index (χ1) is 12.4. The molecule has 0 aliphatic carbocycles. The fourth-order valence-corrected chi connectivity index (χ4v) is 5.31. The molecule has 2 aromatic heterocycles. The number of rotatable bonds is 4. The summed E-state index contributed by atoms with van der Waals surface area (Å²) >= 11 is 1.29. The minimum atomic E-state index is -3.77. The van der Waals surface area contributed by atoms with Crippen molar-refractivity contribution in [3.63, 3.8) is 0 Å². The minimum absolute atomic E-state index is 0.0570. The van der Waals surface area contributed by atoms with Crippen molar-refractivity contribution < 1.29 is 13.2 Å². The lowest BCUT2D eigenvalue weighted by Crippen LogP contribution is -2.32. The van der Waals surface area contributed by atoms with Gasteiger partial charge in [-0.15, -0.1) is 5.10 Å². The summed E-state index contributed by atoms with van der Waals surface area (Å²) in [5.74, 6) is 0.369. The maximum absolute atomic E-state index is 12.5. The first-order valence-electron chi connectivity index (χ1n) is 7.88. The number of carbonyl (C=O) groups is 1. The second-order valence-electron chi connectivity index (χ2n) is 5.87. The van der Waals surface area contributed by atoms with Crippen molar-refractivity contribution >= 4 is 33.5 Å². The van der Waals surface area contributed by atoms with Crippen molar-refractivity contribution in [2.75, 3.05) is 12.3 Å². The van der Waals surface area contributed by atoms with Crippen LogP contribution in [-0.2, 0) is 10.0 Å². The summed E-state index contributed by atoms with van der Waals surface area (Å²) in [5.41, 5.74) is 1.99. The van der Waals surface area contributed by atoms with E-state index in [1.165, 1.54) is 23.9 Å². The molecule has 0 radical (unpaired) electrons. The van der Waals surface area contributed by atoms with E-state index in [1.807, 2.05) is 19.9 Å². The fraction of sp³-hybridized carbons (Fsp3) is 0.250. The highest BCUT2D eigenvalue weighted by Gasteiger charge is 2.40. The highest BCUT2D eigenvalue weighted by atomic mass is 32.2. The normalized spacial score (nSPS) is 15.6. The number of fused-ring (bicyclic) bond motifs is 2. The van der Waals surface area contributed by atoms with Crippen LogP contribution >= 0.6 is 11.8 Å². The molecule has 1 aromatic carbocycles. The Labute approximate surface area is 154 Å². The second kappa shape index (κ2) is 6.06. The van der Waals surface area contributed by atoms with Gasteiger partial charge in [-0.05, 0) is 32.0 Å². The van der Waals surface area contributed by atoms with Crippen molar-refractivity contribution in [3.8, 4) is 0 Å². The summed E-state index contributed by atoms with van der Waals surface area (Å²) in [5, 5.41) is 4.86. The zero-order chi connectivity index (χ0) is 18.5. The van der Waals surface area contributed by atoms with E-state index in [9.17, 15) is 13.2 Å². The second-order valence-corrected chi connectivity index (χ2v) is 8.76.